The van der Waals surface area contributed by atoms with Crippen molar-refractivity contribution in [3.05, 3.63) is 0 Å². The van der Waals surface area contributed by atoms with Crippen molar-refractivity contribution in [3.63, 3.8) is 0 Å². The first kappa shape index (κ1) is 19.7. The lowest BCUT2D eigenvalue weighted by atomic mass is 9.84. The minimum absolute atomic E-state index is 0. The van der Waals surface area contributed by atoms with Crippen LogP contribution in [0.5, 0.6) is 0 Å². The summed E-state index contributed by atoms with van der Waals surface area (Å²) in [5, 5.41) is 3.40. The molecule has 2 aliphatic heterocycles. The number of rotatable bonds is 6. The Morgan fingerprint density at radius 3 is 2.55 bits per heavy atom. The zero-order valence-corrected chi connectivity index (χ0v) is 15.2. The van der Waals surface area contributed by atoms with E-state index in [1.807, 2.05) is 4.90 Å². The van der Waals surface area contributed by atoms with Crippen LogP contribution < -0.4 is 5.32 Å². The highest BCUT2D eigenvalue weighted by atomic mass is 35.5. The number of likely N-dealkylation sites (tertiary alicyclic amines) is 1. The fraction of sp³-hybridized carbons (Fsp3) is 0.941. The molecule has 0 radical (unpaired) electrons. The first-order chi connectivity index (χ1) is 10.1. The topological polar surface area (TPSA) is 41.6 Å². The van der Waals surface area contributed by atoms with Gasteiger partial charge in [0, 0.05) is 26.1 Å². The Hall–Kier alpha value is -0.320. The van der Waals surface area contributed by atoms with Crippen LogP contribution in [0.4, 0.5) is 0 Å². The molecule has 2 aliphatic rings. The number of amides is 1. The molecular weight excluding hydrogens is 300 g/mol. The summed E-state index contributed by atoms with van der Waals surface area (Å²) in [5.74, 6) is 2.12. The number of halogens is 1. The molecule has 2 saturated heterocycles. The maximum absolute atomic E-state index is 12.4. The SMILES string of the molecule is CC(C)COC1CCN(C(=O)CC(C)C2CCNCC2)C1.Cl. The lowest BCUT2D eigenvalue weighted by Crippen LogP contribution is -2.35. The smallest absolute Gasteiger partial charge is 0.222 e. The molecule has 0 aliphatic carbocycles. The van der Waals surface area contributed by atoms with E-state index in [2.05, 4.69) is 26.1 Å². The molecule has 0 spiro atoms. The van der Waals surface area contributed by atoms with Gasteiger partial charge in [0.05, 0.1) is 6.10 Å². The van der Waals surface area contributed by atoms with E-state index < -0.39 is 0 Å². The normalized spacial score (nSPS) is 24.4. The summed E-state index contributed by atoms with van der Waals surface area (Å²) < 4.78 is 5.86. The largest absolute Gasteiger partial charge is 0.376 e. The molecule has 2 heterocycles. The maximum Gasteiger partial charge on any atom is 0.222 e. The first-order valence-corrected chi connectivity index (χ1v) is 8.66. The molecule has 2 fully saturated rings. The quantitative estimate of drug-likeness (QED) is 0.813. The van der Waals surface area contributed by atoms with Crippen molar-refractivity contribution in [1.29, 1.82) is 0 Å². The van der Waals surface area contributed by atoms with E-state index >= 15 is 0 Å². The Labute approximate surface area is 141 Å². The lowest BCUT2D eigenvalue weighted by Gasteiger charge is -2.29. The number of carbonyl (C=O) groups excluding carboxylic acids is 1. The Morgan fingerprint density at radius 1 is 1.23 bits per heavy atom. The van der Waals surface area contributed by atoms with Crippen molar-refractivity contribution in [1.82, 2.24) is 10.2 Å². The highest BCUT2D eigenvalue weighted by Gasteiger charge is 2.29. The van der Waals surface area contributed by atoms with Gasteiger partial charge < -0.3 is 15.0 Å². The number of piperidine rings is 1. The molecule has 0 aromatic rings. The van der Waals surface area contributed by atoms with Crippen molar-refractivity contribution >= 4 is 18.3 Å². The van der Waals surface area contributed by atoms with Gasteiger partial charge in [-0.1, -0.05) is 20.8 Å². The highest BCUT2D eigenvalue weighted by molar-refractivity contribution is 5.85. The van der Waals surface area contributed by atoms with Gasteiger partial charge >= 0.3 is 0 Å². The zero-order valence-electron chi connectivity index (χ0n) is 14.3. The molecule has 5 heteroatoms. The van der Waals surface area contributed by atoms with Crippen LogP contribution in [0.15, 0.2) is 0 Å². The van der Waals surface area contributed by atoms with Crippen LogP contribution in [0.3, 0.4) is 0 Å². The molecular formula is C17H33ClN2O2. The lowest BCUT2D eigenvalue weighted by molar-refractivity contribution is -0.132. The molecule has 22 heavy (non-hydrogen) atoms. The van der Waals surface area contributed by atoms with Gasteiger partial charge in [-0.2, -0.15) is 0 Å². The first-order valence-electron chi connectivity index (χ1n) is 8.66. The highest BCUT2D eigenvalue weighted by Crippen LogP contribution is 2.26. The summed E-state index contributed by atoms with van der Waals surface area (Å²) in [6.07, 6.45) is 4.40. The van der Waals surface area contributed by atoms with Gasteiger partial charge in [0.2, 0.25) is 5.91 Å². The number of carbonyl (C=O) groups is 1. The number of hydrogen-bond acceptors (Lipinski definition) is 3. The van der Waals surface area contributed by atoms with Crippen molar-refractivity contribution in [2.75, 3.05) is 32.8 Å². The summed E-state index contributed by atoms with van der Waals surface area (Å²) in [4.78, 5) is 14.5. The van der Waals surface area contributed by atoms with Crippen LogP contribution in [0.25, 0.3) is 0 Å². The third-order valence-electron chi connectivity index (χ3n) is 4.85. The van der Waals surface area contributed by atoms with Crippen molar-refractivity contribution in [2.45, 2.75) is 52.6 Å². The van der Waals surface area contributed by atoms with Crippen LogP contribution in [0.1, 0.15) is 46.5 Å². The molecule has 2 rings (SSSR count). The summed E-state index contributed by atoms with van der Waals surface area (Å²) in [7, 11) is 0. The van der Waals surface area contributed by atoms with E-state index in [-0.39, 0.29) is 18.5 Å². The molecule has 2 atom stereocenters. The number of hydrogen-bond donors (Lipinski definition) is 1. The van der Waals surface area contributed by atoms with Crippen LogP contribution >= 0.6 is 12.4 Å². The second-order valence-corrected chi connectivity index (χ2v) is 7.25. The van der Waals surface area contributed by atoms with Gasteiger partial charge in [0.15, 0.2) is 0 Å². The molecule has 0 saturated carbocycles. The van der Waals surface area contributed by atoms with Gasteiger partial charge in [-0.25, -0.2) is 0 Å². The number of nitrogens with one attached hydrogen (secondary N) is 1. The fourth-order valence-corrected chi connectivity index (χ4v) is 3.40. The van der Waals surface area contributed by atoms with Crippen LogP contribution in [0, 0.1) is 17.8 Å². The third kappa shape index (κ3) is 6.05. The molecule has 4 nitrogen and oxygen atoms in total. The van der Waals surface area contributed by atoms with Gasteiger partial charge in [0.25, 0.3) is 0 Å². The summed E-state index contributed by atoms with van der Waals surface area (Å²) in [6, 6.07) is 0. The fourth-order valence-electron chi connectivity index (χ4n) is 3.40. The summed E-state index contributed by atoms with van der Waals surface area (Å²) >= 11 is 0. The average Bonchev–Trinajstić information content (AvgIpc) is 2.95. The number of ether oxygens (including phenoxy) is 1. The maximum atomic E-state index is 12.4. The molecule has 0 aromatic carbocycles. The van der Waals surface area contributed by atoms with Crippen molar-refractivity contribution in [2.24, 2.45) is 17.8 Å². The average molecular weight is 333 g/mol. The van der Waals surface area contributed by atoms with E-state index in [0.29, 0.717) is 30.1 Å². The molecule has 0 aromatic heterocycles. The Kier molecular flexibility index (Phi) is 8.73. The Bertz CT molecular complexity index is 333. The van der Waals surface area contributed by atoms with Gasteiger partial charge in [-0.15, -0.1) is 12.4 Å². The minimum atomic E-state index is 0. The standard InChI is InChI=1S/C17H32N2O2.ClH/c1-13(2)12-21-16-6-9-19(11-16)17(20)10-14(3)15-4-7-18-8-5-15;/h13-16,18H,4-12H2,1-3H3;1H. The molecule has 2 unspecified atom stereocenters. The van der Waals surface area contributed by atoms with E-state index in [4.69, 9.17) is 4.74 Å². The summed E-state index contributed by atoms with van der Waals surface area (Å²) in [5.41, 5.74) is 0. The van der Waals surface area contributed by atoms with E-state index in [1.54, 1.807) is 0 Å². The minimum Gasteiger partial charge on any atom is -0.376 e. The second-order valence-electron chi connectivity index (χ2n) is 7.25. The van der Waals surface area contributed by atoms with E-state index in [1.165, 1.54) is 12.8 Å². The van der Waals surface area contributed by atoms with Gasteiger partial charge in [-0.05, 0) is 50.1 Å². The zero-order chi connectivity index (χ0) is 15.2. The van der Waals surface area contributed by atoms with Crippen LogP contribution in [-0.2, 0) is 9.53 Å². The second kappa shape index (κ2) is 9.74. The Morgan fingerprint density at radius 2 is 1.91 bits per heavy atom. The molecule has 0 bridgehead atoms. The predicted octanol–water partition coefficient (Wildman–Crippen LogP) is 2.71. The van der Waals surface area contributed by atoms with Crippen LogP contribution in [-0.4, -0.2) is 49.7 Å². The predicted molar refractivity (Wildman–Crippen MR) is 92.4 cm³/mol. The Balaban J connectivity index is 0.00000242. The molecule has 130 valence electrons. The molecule has 1 amide bonds. The van der Waals surface area contributed by atoms with Crippen molar-refractivity contribution < 1.29 is 9.53 Å². The van der Waals surface area contributed by atoms with Crippen LogP contribution in [0.2, 0.25) is 0 Å². The van der Waals surface area contributed by atoms with Gasteiger partial charge in [0.1, 0.15) is 0 Å². The third-order valence-corrected chi connectivity index (χ3v) is 4.85. The summed E-state index contributed by atoms with van der Waals surface area (Å²) in [6.45, 7) is 11.3. The van der Waals surface area contributed by atoms with E-state index in [9.17, 15) is 4.79 Å². The van der Waals surface area contributed by atoms with E-state index in [0.717, 1.165) is 39.2 Å². The van der Waals surface area contributed by atoms with Crippen molar-refractivity contribution in [3.8, 4) is 0 Å². The van der Waals surface area contributed by atoms with Gasteiger partial charge in [-0.3, -0.25) is 4.79 Å². The monoisotopic (exact) mass is 332 g/mol. The molecule has 1 N–H and O–H groups in total. The number of nitrogens with zero attached hydrogens (tertiary/aromatic N) is 1.